The van der Waals surface area contributed by atoms with Crippen LogP contribution in [0.4, 0.5) is 0 Å². The normalized spacial score (nSPS) is 18.3. The lowest BCUT2D eigenvalue weighted by Crippen LogP contribution is -2.34. The van der Waals surface area contributed by atoms with Crippen LogP contribution in [0.15, 0.2) is 0 Å². The molecule has 0 heterocycles. The summed E-state index contributed by atoms with van der Waals surface area (Å²) in [4.78, 5) is 30.5. The predicted molar refractivity (Wildman–Crippen MR) is 149 cm³/mol. The Morgan fingerprint density at radius 2 is 0.861 bits per heavy atom. The fraction of sp³-hybridized carbons (Fsp3) is 0.900. The van der Waals surface area contributed by atoms with Crippen LogP contribution in [0.25, 0.3) is 0 Å². The van der Waals surface area contributed by atoms with Crippen LogP contribution in [0.3, 0.4) is 0 Å². The molecule has 0 aliphatic rings. The van der Waals surface area contributed by atoms with Gasteiger partial charge in [-0.1, -0.05) is 83.1 Å². The Kier molecular flexibility index (Phi) is 18.6. The van der Waals surface area contributed by atoms with Gasteiger partial charge in [-0.3, -0.25) is 14.4 Å². The Hall–Kier alpha value is -1.43. The molecule has 0 saturated heterocycles. The molecule has 0 amide bonds. The summed E-state index contributed by atoms with van der Waals surface area (Å²) < 4.78 is 9.23. The van der Waals surface area contributed by atoms with E-state index in [4.69, 9.17) is 4.74 Å². The molecule has 36 heavy (non-hydrogen) atoms. The molecule has 8 atom stereocenters. The van der Waals surface area contributed by atoms with E-state index in [2.05, 4.69) is 87.8 Å². The van der Waals surface area contributed by atoms with Gasteiger partial charge in [0.25, 0.3) is 0 Å². The highest BCUT2D eigenvalue weighted by molar-refractivity contribution is 5.82. The van der Waals surface area contributed by atoms with Gasteiger partial charge in [-0.15, -0.1) is 0 Å². The maximum Gasteiger partial charge on any atom is 0.310 e. The van der Waals surface area contributed by atoms with Crippen LogP contribution in [0.5, 0.6) is 0 Å². The smallest absolute Gasteiger partial charge is 0.310 e. The molecule has 216 valence electrons. The van der Waals surface area contributed by atoms with E-state index in [1.165, 1.54) is 20.8 Å². The van der Waals surface area contributed by atoms with Crippen molar-refractivity contribution >= 4 is 17.9 Å². The second-order valence-corrected chi connectivity index (χ2v) is 12.9. The number of ether oxygens (including phenoxy) is 2. The van der Waals surface area contributed by atoms with Gasteiger partial charge in [-0.05, 0) is 60.2 Å². The summed E-state index contributed by atoms with van der Waals surface area (Å²) in [5.41, 5.74) is 0.631. The zero-order valence-corrected chi connectivity index (χ0v) is 26.6. The Balaban J connectivity index is -0.000000488. The van der Waals surface area contributed by atoms with Gasteiger partial charge in [0.1, 0.15) is 6.10 Å². The van der Waals surface area contributed by atoms with Crippen molar-refractivity contribution in [1.29, 1.82) is 0 Å². The van der Waals surface area contributed by atoms with Crippen molar-refractivity contribution < 1.29 is 29.0 Å². The summed E-state index contributed by atoms with van der Waals surface area (Å²) in [7, 11) is 0. The lowest BCUT2D eigenvalue weighted by Gasteiger charge is -2.37. The molecule has 0 aromatic carbocycles. The van der Waals surface area contributed by atoms with Gasteiger partial charge < -0.3 is 14.6 Å². The minimum atomic E-state index is -0.562. The molecule has 6 heteroatoms. The van der Waals surface area contributed by atoms with Crippen LogP contribution in [-0.4, -0.2) is 35.2 Å². The molecule has 6 nitrogen and oxygen atoms in total. The number of hydrogen-bond donors (Lipinski definition) is 1. The molecule has 0 spiro atoms. The number of esters is 3. The first kappa shape index (κ1) is 39.1. The first-order valence-corrected chi connectivity index (χ1v) is 13.4. The van der Waals surface area contributed by atoms with E-state index >= 15 is 0 Å². The summed E-state index contributed by atoms with van der Waals surface area (Å²) in [5.74, 6) is 1.80. The van der Waals surface area contributed by atoms with E-state index in [0.29, 0.717) is 46.3 Å². The molecule has 0 bridgehead atoms. The Morgan fingerprint density at radius 1 is 0.556 bits per heavy atom. The van der Waals surface area contributed by atoms with Gasteiger partial charge in [-0.25, -0.2) is 0 Å². The number of carbonyl (C=O) groups is 3. The minimum Gasteiger partial charge on any atom is -0.463 e. The zero-order valence-electron chi connectivity index (χ0n) is 26.6. The first-order valence-electron chi connectivity index (χ1n) is 13.4. The van der Waals surface area contributed by atoms with Crippen molar-refractivity contribution in [1.82, 2.24) is 0 Å². The lowest BCUT2D eigenvalue weighted by molar-refractivity contribution is -0.156. The maximum atomic E-state index is 10.9. The zero-order chi connectivity index (χ0) is 29.8. The van der Waals surface area contributed by atoms with Crippen molar-refractivity contribution in [3.8, 4) is 0 Å². The van der Waals surface area contributed by atoms with E-state index in [1.807, 2.05) is 13.8 Å². The highest BCUT2D eigenvalue weighted by Crippen LogP contribution is 2.37. The topological polar surface area (TPSA) is 89.9 Å². The maximum absolute atomic E-state index is 10.9. The van der Waals surface area contributed by atoms with Crippen LogP contribution in [-0.2, 0) is 23.9 Å². The molecular formula is C30H60O6. The molecule has 1 N–H and O–H groups in total. The van der Waals surface area contributed by atoms with Crippen molar-refractivity contribution in [3.63, 3.8) is 0 Å². The Morgan fingerprint density at radius 3 is 1.06 bits per heavy atom. The monoisotopic (exact) mass is 516 g/mol. The number of carbonyl (C=O) groups excluding carboxylic acids is 3. The third-order valence-electron chi connectivity index (χ3n) is 8.11. The number of hydrogen-bond acceptors (Lipinski definition) is 6. The quantitative estimate of drug-likeness (QED) is 0.282. The molecule has 0 aromatic heterocycles. The van der Waals surface area contributed by atoms with Crippen LogP contribution < -0.4 is 0 Å². The third-order valence-corrected chi connectivity index (χ3v) is 8.11. The summed E-state index contributed by atoms with van der Waals surface area (Å²) >= 11 is 0. The minimum absolute atomic E-state index is 0.00250. The fourth-order valence-corrected chi connectivity index (χ4v) is 3.93. The largest absolute Gasteiger partial charge is 0.463 e. The van der Waals surface area contributed by atoms with Crippen molar-refractivity contribution in [2.75, 3.05) is 0 Å². The van der Waals surface area contributed by atoms with E-state index < -0.39 is 11.9 Å². The lowest BCUT2D eigenvalue weighted by atomic mass is 9.70. The van der Waals surface area contributed by atoms with Crippen LogP contribution in [0.2, 0.25) is 0 Å². The van der Waals surface area contributed by atoms with Gasteiger partial charge in [0.15, 0.2) is 0 Å². The van der Waals surface area contributed by atoms with Gasteiger partial charge in [0, 0.05) is 20.8 Å². The van der Waals surface area contributed by atoms with E-state index in [0.717, 1.165) is 0 Å². The number of aliphatic hydroxyl groups is 1. The Bertz CT molecular complexity index is 629. The van der Waals surface area contributed by atoms with E-state index in [9.17, 15) is 19.5 Å². The number of aliphatic hydroxyl groups excluding tert-OH is 1. The molecule has 0 aliphatic carbocycles. The number of rotatable bonds is 7. The van der Waals surface area contributed by atoms with Crippen molar-refractivity contribution in [2.45, 2.75) is 130 Å². The summed E-state index contributed by atoms with van der Waals surface area (Å²) in [5, 5.41) is 9.51. The second kappa shape index (κ2) is 17.1. The summed E-state index contributed by atoms with van der Waals surface area (Å²) in [6.07, 6.45) is -0.197. The van der Waals surface area contributed by atoms with E-state index in [-0.39, 0.29) is 18.2 Å². The van der Waals surface area contributed by atoms with Gasteiger partial charge in [-0.2, -0.15) is 0 Å². The average molecular weight is 517 g/mol. The highest BCUT2D eigenvalue weighted by atomic mass is 16.6. The SMILES string of the molecule is CC(=O)OC(C)=O.CC(=O)OC(C)C(C)C(C)C(C)C(C)(C)C.CC(O)C(C)C(C)C(C)C(C)(C)C. The van der Waals surface area contributed by atoms with Gasteiger partial charge in [0.05, 0.1) is 6.10 Å². The molecule has 0 fully saturated rings. The van der Waals surface area contributed by atoms with Crippen molar-refractivity contribution in [2.24, 2.45) is 46.3 Å². The highest BCUT2D eigenvalue weighted by Gasteiger charge is 2.32. The fourth-order valence-electron chi connectivity index (χ4n) is 3.93. The third kappa shape index (κ3) is 17.9. The summed E-state index contributed by atoms with van der Waals surface area (Å²) in [6.45, 7) is 34.6. The molecule has 0 aliphatic heterocycles. The standard InChI is InChI=1S/C14H28O2.C12H26O.C4H6O3/c1-9(11(3)14(6,7)8)10(2)12(4)16-13(5)15;1-8(9(2)11(4)13)10(3)12(5,6)7;1-3(5)7-4(2)6/h9-12H,1-8H3;8-11,13H,1-7H3;1-2H3. The predicted octanol–water partition coefficient (Wildman–Crippen LogP) is 7.31. The van der Waals surface area contributed by atoms with Crippen LogP contribution in [0, 0.1) is 46.3 Å². The first-order chi connectivity index (χ1) is 15.9. The average Bonchev–Trinajstić information content (AvgIpc) is 2.68. The second-order valence-electron chi connectivity index (χ2n) is 12.9. The van der Waals surface area contributed by atoms with Crippen LogP contribution in [0.1, 0.15) is 118 Å². The molecule has 0 rings (SSSR count). The molecule has 0 saturated carbocycles. The van der Waals surface area contributed by atoms with Gasteiger partial charge in [0.2, 0.25) is 0 Å². The van der Waals surface area contributed by atoms with Gasteiger partial charge >= 0.3 is 17.9 Å². The van der Waals surface area contributed by atoms with E-state index in [1.54, 1.807) is 0 Å². The summed E-state index contributed by atoms with van der Waals surface area (Å²) in [6, 6.07) is 0. The molecular weight excluding hydrogens is 456 g/mol. The Labute approximate surface area is 223 Å². The molecule has 8 unspecified atom stereocenters. The van der Waals surface area contributed by atoms with Crippen LogP contribution >= 0.6 is 0 Å². The molecule has 0 radical (unpaired) electrons. The van der Waals surface area contributed by atoms with Crippen molar-refractivity contribution in [3.05, 3.63) is 0 Å². The molecule has 0 aromatic rings.